The van der Waals surface area contributed by atoms with Gasteiger partial charge in [-0.05, 0) is 37.1 Å². The lowest BCUT2D eigenvalue weighted by Gasteiger charge is -2.15. The quantitative estimate of drug-likeness (QED) is 0.507. The molecule has 2 aromatic carbocycles. The number of ether oxygens (including phenoxy) is 1. The summed E-state index contributed by atoms with van der Waals surface area (Å²) in [6.45, 7) is 6.50. The van der Waals surface area contributed by atoms with E-state index in [1.165, 1.54) is 16.8 Å². The Balaban J connectivity index is 1.39. The number of aliphatic hydroxyl groups excluding tert-OH is 1. The van der Waals surface area contributed by atoms with Crippen molar-refractivity contribution in [1.29, 1.82) is 0 Å². The van der Waals surface area contributed by atoms with Gasteiger partial charge in [-0.15, -0.1) is 0 Å². The van der Waals surface area contributed by atoms with Gasteiger partial charge >= 0.3 is 0 Å². The highest BCUT2D eigenvalue weighted by molar-refractivity contribution is 5.84. The van der Waals surface area contributed by atoms with Gasteiger partial charge in [-0.1, -0.05) is 24.3 Å². The lowest BCUT2D eigenvalue weighted by molar-refractivity contribution is 0.107. The molecule has 27 heavy (non-hydrogen) atoms. The number of anilines is 1. The Kier molecular flexibility index (Phi) is 6.32. The first kappa shape index (κ1) is 19.2. The zero-order valence-electron chi connectivity index (χ0n) is 16.2. The van der Waals surface area contributed by atoms with Crippen LogP contribution in [0, 0.1) is 13.8 Å². The topological polar surface area (TPSA) is 71.3 Å². The molecule has 0 spiro atoms. The van der Waals surface area contributed by atoms with Gasteiger partial charge in [0, 0.05) is 38.6 Å². The number of nitrogens with one attached hydrogen (secondary N) is 2. The average molecular weight is 368 g/mol. The van der Waals surface area contributed by atoms with E-state index in [-0.39, 0.29) is 6.61 Å². The summed E-state index contributed by atoms with van der Waals surface area (Å²) in [6, 6.07) is 12.0. The summed E-state index contributed by atoms with van der Waals surface area (Å²) in [7, 11) is 1.88. The lowest BCUT2D eigenvalue weighted by atomic mass is 10.1. The first-order chi connectivity index (χ1) is 13.0. The molecule has 0 bridgehead atoms. The Morgan fingerprint density at radius 3 is 2.63 bits per heavy atom. The van der Waals surface area contributed by atoms with Crippen molar-refractivity contribution in [3.8, 4) is 5.75 Å². The molecule has 0 radical (unpaired) electrons. The van der Waals surface area contributed by atoms with Gasteiger partial charge < -0.3 is 20.5 Å². The van der Waals surface area contributed by atoms with Gasteiger partial charge in [0.25, 0.3) is 0 Å². The number of nitrogens with zero attached hydrogens (tertiary/aromatic N) is 2. The number of aryl methyl sites for hydroxylation is 3. The Bertz CT molecular complexity index is 871. The second-order valence-corrected chi connectivity index (χ2v) is 6.85. The maximum atomic E-state index is 10.2. The fourth-order valence-corrected chi connectivity index (χ4v) is 3.14. The number of aromatic nitrogens is 2. The molecule has 6 nitrogen and oxygen atoms in total. The number of fused-ring (bicyclic) bond motifs is 1. The molecule has 144 valence electrons. The molecule has 3 aromatic rings. The van der Waals surface area contributed by atoms with E-state index in [9.17, 15) is 5.11 Å². The molecule has 3 rings (SSSR count). The third-order valence-electron chi connectivity index (χ3n) is 4.52. The van der Waals surface area contributed by atoms with Crippen molar-refractivity contribution >= 4 is 16.6 Å². The molecular formula is C21H28N4O2. The SMILES string of the molecule is Cc1cccc(C)c1NCCNCC(O)COc1cccc2nn(C)cc12. The zero-order valence-corrected chi connectivity index (χ0v) is 16.2. The summed E-state index contributed by atoms with van der Waals surface area (Å²) >= 11 is 0. The van der Waals surface area contributed by atoms with Crippen LogP contribution in [0.5, 0.6) is 5.75 Å². The normalized spacial score (nSPS) is 12.3. The van der Waals surface area contributed by atoms with Gasteiger partial charge in [0.2, 0.25) is 0 Å². The van der Waals surface area contributed by atoms with E-state index in [4.69, 9.17) is 4.74 Å². The molecule has 1 aromatic heterocycles. The number of hydrogen-bond acceptors (Lipinski definition) is 5. The van der Waals surface area contributed by atoms with Crippen molar-refractivity contribution < 1.29 is 9.84 Å². The fraction of sp³-hybridized carbons (Fsp3) is 0.381. The van der Waals surface area contributed by atoms with Crippen LogP contribution in [-0.2, 0) is 7.05 Å². The van der Waals surface area contributed by atoms with Crippen molar-refractivity contribution in [3.63, 3.8) is 0 Å². The van der Waals surface area contributed by atoms with E-state index in [1.807, 2.05) is 31.4 Å². The van der Waals surface area contributed by atoms with Crippen LogP contribution in [0.1, 0.15) is 11.1 Å². The minimum atomic E-state index is -0.572. The molecule has 0 aliphatic rings. The molecule has 0 fully saturated rings. The number of aliphatic hydroxyl groups is 1. The number of benzene rings is 2. The number of hydrogen-bond donors (Lipinski definition) is 3. The third kappa shape index (κ3) is 4.99. The summed E-state index contributed by atoms with van der Waals surface area (Å²) in [6.07, 6.45) is 1.35. The molecule has 1 unspecified atom stereocenters. The molecule has 1 heterocycles. The first-order valence-corrected chi connectivity index (χ1v) is 9.28. The Morgan fingerprint density at radius 2 is 1.85 bits per heavy atom. The number of rotatable bonds is 9. The highest BCUT2D eigenvalue weighted by Crippen LogP contribution is 2.24. The maximum Gasteiger partial charge on any atom is 0.130 e. The van der Waals surface area contributed by atoms with Crippen molar-refractivity contribution in [2.45, 2.75) is 20.0 Å². The minimum Gasteiger partial charge on any atom is -0.490 e. The smallest absolute Gasteiger partial charge is 0.130 e. The zero-order chi connectivity index (χ0) is 19.2. The van der Waals surface area contributed by atoms with E-state index >= 15 is 0 Å². The van der Waals surface area contributed by atoms with E-state index in [1.54, 1.807) is 4.68 Å². The van der Waals surface area contributed by atoms with Crippen LogP contribution >= 0.6 is 0 Å². The summed E-state index contributed by atoms with van der Waals surface area (Å²) < 4.78 is 7.56. The Hall–Kier alpha value is -2.57. The predicted molar refractivity (Wildman–Crippen MR) is 109 cm³/mol. The first-order valence-electron chi connectivity index (χ1n) is 9.28. The van der Waals surface area contributed by atoms with Crippen LogP contribution in [-0.4, -0.2) is 47.2 Å². The monoisotopic (exact) mass is 368 g/mol. The standard InChI is InChI=1S/C21H28N4O2/c1-15-6-4-7-16(2)21(15)23-11-10-22-12-17(26)14-27-20-9-5-8-19-18(20)13-25(3)24-19/h4-9,13,17,22-23,26H,10-12,14H2,1-3H3. The van der Waals surface area contributed by atoms with Gasteiger partial charge in [-0.2, -0.15) is 5.10 Å². The van der Waals surface area contributed by atoms with Crippen molar-refractivity contribution in [1.82, 2.24) is 15.1 Å². The highest BCUT2D eigenvalue weighted by atomic mass is 16.5. The third-order valence-corrected chi connectivity index (χ3v) is 4.52. The molecule has 6 heteroatoms. The fourth-order valence-electron chi connectivity index (χ4n) is 3.14. The average Bonchev–Trinajstić information content (AvgIpc) is 3.02. The molecule has 0 aliphatic heterocycles. The van der Waals surface area contributed by atoms with Gasteiger partial charge in [-0.3, -0.25) is 4.68 Å². The van der Waals surface area contributed by atoms with Crippen LogP contribution < -0.4 is 15.4 Å². The number of para-hydroxylation sites is 1. The van der Waals surface area contributed by atoms with Crippen LogP contribution in [0.15, 0.2) is 42.6 Å². The van der Waals surface area contributed by atoms with Crippen molar-refractivity contribution in [2.75, 3.05) is 31.6 Å². The minimum absolute atomic E-state index is 0.241. The van der Waals surface area contributed by atoms with Crippen molar-refractivity contribution in [3.05, 3.63) is 53.7 Å². The van der Waals surface area contributed by atoms with Gasteiger partial charge in [0.05, 0.1) is 10.9 Å². The van der Waals surface area contributed by atoms with E-state index in [0.717, 1.165) is 29.7 Å². The van der Waals surface area contributed by atoms with Crippen LogP contribution in [0.4, 0.5) is 5.69 Å². The summed E-state index contributed by atoms with van der Waals surface area (Å²) in [5.74, 6) is 0.747. The molecule has 0 saturated carbocycles. The van der Waals surface area contributed by atoms with E-state index in [2.05, 4.69) is 47.8 Å². The molecule has 0 saturated heterocycles. The highest BCUT2D eigenvalue weighted by Gasteiger charge is 2.09. The van der Waals surface area contributed by atoms with Crippen LogP contribution in [0.2, 0.25) is 0 Å². The van der Waals surface area contributed by atoms with Gasteiger partial charge in [-0.25, -0.2) is 0 Å². The molecular weight excluding hydrogens is 340 g/mol. The summed E-state index contributed by atoms with van der Waals surface area (Å²) in [4.78, 5) is 0. The predicted octanol–water partition coefficient (Wildman–Crippen LogP) is 2.63. The Labute approximate surface area is 160 Å². The van der Waals surface area contributed by atoms with E-state index in [0.29, 0.717) is 6.54 Å². The van der Waals surface area contributed by atoms with Gasteiger partial charge in [0.15, 0.2) is 0 Å². The van der Waals surface area contributed by atoms with Crippen molar-refractivity contribution in [2.24, 2.45) is 7.05 Å². The van der Waals surface area contributed by atoms with E-state index < -0.39 is 6.10 Å². The molecule has 0 amide bonds. The largest absolute Gasteiger partial charge is 0.490 e. The molecule has 0 aliphatic carbocycles. The molecule has 1 atom stereocenters. The second kappa shape index (κ2) is 8.88. The van der Waals surface area contributed by atoms with Gasteiger partial charge in [0.1, 0.15) is 18.5 Å². The second-order valence-electron chi connectivity index (χ2n) is 6.85. The Morgan fingerprint density at radius 1 is 1.11 bits per heavy atom. The molecule has 3 N–H and O–H groups in total. The maximum absolute atomic E-state index is 10.2. The lowest BCUT2D eigenvalue weighted by Crippen LogP contribution is -2.34. The summed E-state index contributed by atoms with van der Waals surface area (Å²) in [5, 5.41) is 22.2. The summed E-state index contributed by atoms with van der Waals surface area (Å²) in [5.41, 5.74) is 4.56. The van der Waals surface area contributed by atoms with Crippen LogP contribution in [0.25, 0.3) is 10.9 Å². The van der Waals surface area contributed by atoms with Crippen LogP contribution in [0.3, 0.4) is 0 Å².